The number of carbonyl (C=O) groups is 1. The van der Waals surface area contributed by atoms with Gasteiger partial charge in [0.25, 0.3) is 0 Å². The number of carboxylic acids is 1. The first-order chi connectivity index (χ1) is 15.0. The average molecular weight is 422 g/mol. The molecule has 0 amide bonds. The minimum Gasteiger partial charge on any atom is -0.481 e. The van der Waals surface area contributed by atoms with E-state index in [0.29, 0.717) is 25.8 Å². The second kappa shape index (κ2) is 11.1. The molecule has 0 saturated carbocycles. The molecule has 2 heterocycles. The van der Waals surface area contributed by atoms with Crippen LogP contribution in [0.2, 0.25) is 0 Å². The van der Waals surface area contributed by atoms with Crippen molar-refractivity contribution in [3.8, 4) is 0 Å². The van der Waals surface area contributed by atoms with Crippen molar-refractivity contribution in [3.05, 3.63) is 59.4 Å². The lowest BCUT2D eigenvalue weighted by molar-refractivity contribution is -0.149. The Kier molecular flexibility index (Phi) is 8.24. The van der Waals surface area contributed by atoms with Crippen molar-refractivity contribution in [2.75, 3.05) is 25.0 Å². The van der Waals surface area contributed by atoms with Gasteiger partial charge in [0.15, 0.2) is 0 Å². The molecule has 31 heavy (non-hydrogen) atoms. The number of likely N-dealkylation sites (tertiary alicyclic amines) is 1. The summed E-state index contributed by atoms with van der Waals surface area (Å²) in [7, 11) is 0. The highest BCUT2D eigenvalue weighted by Crippen LogP contribution is 2.31. The molecule has 0 atom stereocenters. The van der Waals surface area contributed by atoms with Crippen LogP contribution < -0.4 is 5.32 Å². The normalized spacial score (nSPS) is 14.9. The topological polar surface area (TPSA) is 65.5 Å². The van der Waals surface area contributed by atoms with Crippen molar-refractivity contribution in [2.24, 2.45) is 5.41 Å². The number of carboxylic acid groups (broad SMARTS) is 1. The minimum absolute atomic E-state index is 0.614. The molecule has 0 bridgehead atoms. The van der Waals surface area contributed by atoms with E-state index in [1.165, 1.54) is 25.9 Å². The average Bonchev–Trinajstić information content (AvgIpc) is 3.29. The van der Waals surface area contributed by atoms with Crippen molar-refractivity contribution in [3.63, 3.8) is 0 Å². The largest absolute Gasteiger partial charge is 0.481 e. The van der Waals surface area contributed by atoms with Gasteiger partial charge < -0.3 is 10.4 Å². The second-order valence-corrected chi connectivity index (χ2v) is 8.47. The van der Waals surface area contributed by atoms with Crippen LogP contribution in [0.1, 0.15) is 62.9 Å². The van der Waals surface area contributed by atoms with Gasteiger partial charge in [0.2, 0.25) is 0 Å². The van der Waals surface area contributed by atoms with Gasteiger partial charge in [-0.3, -0.25) is 14.7 Å². The summed E-state index contributed by atoms with van der Waals surface area (Å²) in [4.78, 5) is 18.9. The molecule has 0 radical (unpaired) electrons. The number of anilines is 1. The Bertz CT molecular complexity index is 884. The lowest BCUT2D eigenvalue weighted by Crippen LogP contribution is -2.31. The SMILES string of the molecule is CCC(CC)(CCNc1cccc(C=Cc2cccc(CN3CCCC3)n2)c1)C(=O)O. The standard InChI is InChI=1S/C26H35N3O2/c1-3-26(4-2,25(30)31)15-16-27-23-11-7-9-21(19-23)13-14-22-10-8-12-24(28-22)20-29-17-5-6-18-29/h7-14,19,27H,3-6,15-18,20H2,1-2H3,(H,30,31). The van der Waals surface area contributed by atoms with E-state index in [0.717, 1.165) is 29.2 Å². The van der Waals surface area contributed by atoms with Crippen LogP contribution in [0.3, 0.4) is 0 Å². The van der Waals surface area contributed by atoms with Crippen LogP contribution in [0.15, 0.2) is 42.5 Å². The third-order valence-corrected chi connectivity index (χ3v) is 6.49. The van der Waals surface area contributed by atoms with Crippen molar-refractivity contribution < 1.29 is 9.90 Å². The molecule has 2 aromatic rings. The molecule has 0 unspecified atom stereocenters. The maximum Gasteiger partial charge on any atom is 0.309 e. The summed E-state index contributed by atoms with van der Waals surface area (Å²) < 4.78 is 0. The van der Waals surface area contributed by atoms with E-state index in [2.05, 4.69) is 46.6 Å². The molecule has 166 valence electrons. The zero-order chi connectivity index (χ0) is 22.1. The van der Waals surface area contributed by atoms with E-state index in [1.807, 2.05) is 32.0 Å². The summed E-state index contributed by atoms with van der Waals surface area (Å²) in [5.41, 5.74) is 3.54. The Morgan fingerprint density at radius 2 is 1.87 bits per heavy atom. The van der Waals surface area contributed by atoms with E-state index in [9.17, 15) is 9.90 Å². The Balaban J connectivity index is 1.59. The van der Waals surface area contributed by atoms with Gasteiger partial charge in [-0.05, 0) is 81.1 Å². The molecule has 5 heteroatoms. The third-order valence-electron chi connectivity index (χ3n) is 6.49. The van der Waals surface area contributed by atoms with E-state index in [4.69, 9.17) is 4.98 Å². The predicted octanol–water partition coefficient (Wildman–Crippen LogP) is 5.54. The van der Waals surface area contributed by atoms with E-state index < -0.39 is 11.4 Å². The van der Waals surface area contributed by atoms with Crippen molar-refractivity contribution in [2.45, 2.75) is 52.5 Å². The summed E-state index contributed by atoms with van der Waals surface area (Å²) in [6, 6.07) is 14.4. The van der Waals surface area contributed by atoms with Crippen LogP contribution in [0, 0.1) is 5.41 Å². The summed E-state index contributed by atoms with van der Waals surface area (Å²) in [5, 5.41) is 13.0. The van der Waals surface area contributed by atoms with Gasteiger partial charge in [0, 0.05) is 18.8 Å². The van der Waals surface area contributed by atoms with E-state index in [-0.39, 0.29) is 0 Å². The fourth-order valence-electron chi connectivity index (χ4n) is 4.24. The van der Waals surface area contributed by atoms with Crippen LogP contribution in [-0.4, -0.2) is 40.6 Å². The molecule has 2 N–H and O–H groups in total. The molecule has 1 aliphatic rings. The second-order valence-electron chi connectivity index (χ2n) is 8.47. The first kappa shape index (κ1) is 23.0. The molecular formula is C26H35N3O2. The third kappa shape index (κ3) is 6.41. The van der Waals surface area contributed by atoms with Gasteiger partial charge in [0.1, 0.15) is 0 Å². The molecule has 1 saturated heterocycles. The number of hydrogen-bond donors (Lipinski definition) is 2. The number of rotatable bonds is 11. The fourth-order valence-corrected chi connectivity index (χ4v) is 4.24. The maximum atomic E-state index is 11.7. The zero-order valence-electron chi connectivity index (χ0n) is 18.8. The van der Waals surface area contributed by atoms with E-state index >= 15 is 0 Å². The number of benzene rings is 1. The number of aliphatic carboxylic acids is 1. The summed E-state index contributed by atoms with van der Waals surface area (Å²) in [6.45, 7) is 7.82. The van der Waals surface area contributed by atoms with Crippen LogP contribution in [0.25, 0.3) is 12.2 Å². The molecule has 0 aliphatic carbocycles. The van der Waals surface area contributed by atoms with Gasteiger partial charge in [-0.15, -0.1) is 0 Å². The zero-order valence-corrected chi connectivity index (χ0v) is 18.8. The molecule has 1 aromatic carbocycles. The van der Waals surface area contributed by atoms with Crippen LogP contribution >= 0.6 is 0 Å². The first-order valence-electron chi connectivity index (χ1n) is 11.5. The number of nitrogens with zero attached hydrogens (tertiary/aromatic N) is 2. The Labute approximate surface area is 186 Å². The highest BCUT2D eigenvalue weighted by Gasteiger charge is 2.34. The number of aromatic nitrogens is 1. The number of nitrogens with one attached hydrogen (secondary N) is 1. The molecular weight excluding hydrogens is 386 g/mol. The lowest BCUT2D eigenvalue weighted by Gasteiger charge is -2.26. The van der Waals surface area contributed by atoms with Crippen molar-refractivity contribution in [1.82, 2.24) is 9.88 Å². The highest BCUT2D eigenvalue weighted by molar-refractivity contribution is 5.74. The first-order valence-corrected chi connectivity index (χ1v) is 11.5. The number of pyridine rings is 1. The Morgan fingerprint density at radius 3 is 2.58 bits per heavy atom. The predicted molar refractivity (Wildman–Crippen MR) is 128 cm³/mol. The fraction of sp³-hybridized carbons (Fsp3) is 0.462. The smallest absolute Gasteiger partial charge is 0.309 e. The van der Waals surface area contributed by atoms with Crippen LogP contribution in [-0.2, 0) is 11.3 Å². The Morgan fingerprint density at radius 1 is 1.13 bits per heavy atom. The quantitative estimate of drug-likeness (QED) is 0.499. The highest BCUT2D eigenvalue weighted by atomic mass is 16.4. The van der Waals surface area contributed by atoms with Crippen LogP contribution in [0.4, 0.5) is 5.69 Å². The van der Waals surface area contributed by atoms with Gasteiger partial charge in [-0.25, -0.2) is 0 Å². The molecule has 1 aliphatic heterocycles. The minimum atomic E-state index is -0.699. The van der Waals surface area contributed by atoms with Crippen LogP contribution in [0.5, 0.6) is 0 Å². The van der Waals surface area contributed by atoms with Gasteiger partial charge in [0.05, 0.1) is 16.8 Å². The number of hydrogen-bond acceptors (Lipinski definition) is 4. The monoisotopic (exact) mass is 421 g/mol. The van der Waals surface area contributed by atoms with Gasteiger partial charge in [-0.1, -0.05) is 38.1 Å². The molecule has 1 fully saturated rings. The van der Waals surface area contributed by atoms with Gasteiger partial charge >= 0.3 is 5.97 Å². The summed E-state index contributed by atoms with van der Waals surface area (Å²) >= 11 is 0. The van der Waals surface area contributed by atoms with Gasteiger partial charge in [-0.2, -0.15) is 0 Å². The maximum absolute atomic E-state index is 11.7. The molecule has 0 spiro atoms. The summed E-state index contributed by atoms with van der Waals surface area (Å²) in [5.74, 6) is -0.699. The molecule has 5 nitrogen and oxygen atoms in total. The Hall–Kier alpha value is -2.66. The van der Waals surface area contributed by atoms with Crippen molar-refractivity contribution >= 4 is 23.8 Å². The molecule has 3 rings (SSSR count). The van der Waals surface area contributed by atoms with E-state index in [1.54, 1.807) is 0 Å². The lowest BCUT2D eigenvalue weighted by atomic mass is 9.79. The summed E-state index contributed by atoms with van der Waals surface area (Å²) in [6.07, 6.45) is 8.61. The molecule has 1 aromatic heterocycles. The van der Waals surface area contributed by atoms with Crippen molar-refractivity contribution in [1.29, 1.82) is 0 Å².